The number of rotatable bonds is 8. The molecule has 11 nitrogen and oxygen atoms in total. The van der Waals surface area contributed by atoms with Crippen LogP contribution in [0.3, 0.4) is 0 Å². The number of non-ortho nitro benzene ring substituents is 1. The minimum absolute atomic E-state index is 0.0179. The van der Waals surface area contributed by atoms with Crippen LogP contribution in [0.2, 0.25) is 0 Å². The van der Waals surface area contributed by atoms with Crippen LogP contribution in [0.15, 0.2) is 95.3 Å². The van der Waals surface area contributed by atoms with Gasteiger partial charge in [-0.05, 0) is 53.0 Å². The number of benzene rings is 3. The summed E-state index contributed by atoms with van der Waals surface area (Å²) in [7, 11) is 0. The molecule has 1 heterocycles. The lowest BCUT2D eigenvalue weighted by molar-refractivity contribution is -0.393. The zero-order valence-electron chi connectivity index (χ0n) is 26.7. The summed E-state index contributed by atoms with van der Waals surface area (Å²) in [5, 5.41) is 25.2. The fourth-order valence-corrected chi connectivity index (χ4v) is 6.93. The van der Waals surface area contributed by atoms with Crippen LogP contribution in [0.1, 0.15) is 70.4 Å². The lowest BCUT2D eigenvalue weighted by atomic mass is 9.64. The third kappa shape index (κ3) is 6.25. The molecule has 0 atom stereocenters. The molecule has 242 valence electrons. The van der Waals surface area contributed by atoms with Crippen LogP contribution in [0.4, 0.5) is 17.1 Å². The summed E-state index contributed by atoms with van der Waals surface area (Å²) in [6.07, 6.45) is 1.47. The van der Waals surface area contributed by atoms with Crippen LogP contribution in [0.25, 0.3) is 0 Å². The van der Waals surface area contributed by atoms with Crippen LogP contribution in [0.5, 0.6) is 5.75 Å². The Balaban J connectivity index is 1.47. The van der Waals surface area contributed by atoms with Gasteiger partial charge in [-0.15, -0.1) is 0 Å². The van der Waals surface area contributed by atoms with E-state index in [1.54, 1.807) is 5.01 Å². The van der Waals surface area contributed by atoms with E-state index in [1.807, 2.05) is 82.3 Å². The molecule has 0 saturated heterocycles. The number of carbonyl (C=O) groups excluding carboxylic acids is 2. The minimum Gasteiger partial charge on any atom is -0.489 e. The molecular weight excluding hydrogens is 600 g/mol. The van der Waals surface area contributed by atoms with E-state index in [9.17, 15) is 29.8 Å². The summed E-state index contributed by atoms with van der Waals surface area (Å²) in [6, 6.07) is 20.7. The molecule has 0 aromatic heterocycles. The second-order valence-corrected chi connectivity index (χ2v) is 14.0. The molecule has 0 spiro atoms. The maximum absolute atomic E-state index is 14.1. The molecule has 11 heteroatoms. The van der Waals surface area contributed by atoms with Crippen molar-refractivity contribution in [2.75, 3.05) is 5.43 Å². The standard InChI is InChI=1S/C36H36N4O7/c1-35(2)17-28-33(30(41)19-35)32(23-10-13-25(14-11-23)47-21-22-8-6-5-7-9-22)34-29(18-36(3,4)20-31(34)42)38(28)37-26-15-12-24(39(43)44)16-27(26)40(45)46/h5-16,32,37H,17-21H2,1-4H3. The first-order valence-corrected chi connectivity index (χ1v) is 15.5. The third-order valence-corrected chi connectivity index (χ3v) is 8.99. The Morgan fingerprint density at radius 3 is 1.89 bits per heavy atom. The zero-order chi connectivity index (χ0) is 33.7. The smallest absolute Gasteiger partial charge is 0.300 e. The Labute approximate surface area is 272 Å². The van der Waals surface area contributed by atoms with Gasteiger partial charge in [-0.25, -0.2) is 0 Å². The zero-order valence-corrected chi connectivity index (χ0v) is 26.7. The molecular formula is C36H36N4O7. The average molecular weight is 637 g/mol. The molecule has 3 aromatic carbocycles. The largest absolute Gasteiger partial charge is 0.489 e. The quantitative estimate of drug-likeness (QED) is 0.193. The van der Waals surface area contributed by atoms with Crippen molar-refractivity contribution in [3.05, 3.63) is 127 Å². The maximum Gasteiger partial charge on any atom is 0.300 e. The number of allylic oxidation sites excluding steroid dienone is 4. The fourth-order valence-electron chi connectivity index (χ4n) is 6.93. The Morgan fingerprint density at radius 2 is 1.36 bits per heavy atom. The Kier molecular flexibility index (Phi) is 7.95. The normalized spacial score (nSPS) is 18.9. The molecule has 3 aliphatic rings. The van der Waals surface area contributed by atoms with Gasteiger partial charge in [-0.3, -0.25) is 40.3 Å². The predicted octanol–water partition coefficient (Wildman–Crippen LogP) is 7.79. The van der Waals surface area contributed by atoms with Crippen LogP contribution in [-0.2, 0) is 16.2 Å². The molecule has 1 aliphatic heterocycles. The van der Waals surface area contributed by atoms with Crippen molar-refractivity contribution >= 4 is 28.6 Å². The number of ether oxygens (including phenoxy) is 1. The molecule has 6 rings (SSSR count). The maximum atomic E-state index is 14.1. The molecule has 47 heavy (non-hydrogen) atoms. The molecule has 3 aromatic rings. The topological polar surface area (TPSA) is 145 Å². The van der Waals surface area contributed by atoms with Gasteiger partial charge in [0.1, 0.15) is 18.0 Å². The summed E-state index contributed by atoms with van der Waals surface area (Å²) in [5.74, 6) is -0.169. The van der Waals surface area contributed by atoms with Gasteiger partial charge in [0.15, 0.2) is 11.6 Å². The van der Waals surface area contributed by atoms with E-state index in [0.29, 0.717) is 47.7 Å². The molecule has 0 saturated carbocycles. The van der Waals surface area contributed by atoms with Crippen LogP contribution in [0, 0.1) is 31.1 Å². The second kappa shape index (κ2) is 11.8. The Hall–Kier alpha value is -5.32. The van der Waals surface area contributed by atoms with Crippen LogP contribution < -0.4 is 10.2 Å². The van der Waals surface area contributed by atoms with Gasteiger partial charge in [0, 0.05) is 47.4 Å². The number of carbonyl (C=O) groups is 2. The number of Topliss-reactive ketones (excluding diaryl/α,β-unsaturated/α-hetero) is 2. The fraction of sp³-hybridized carbons (Fsp3) is 0.333. The van der Waals surface area contributed by atoms with Crippen molar-refractivity contribution in [2.45, 2.75) is 65.9 Å². The van der Waals surface area contributed by atoms with Gasteiger partial charge in [0.2, 0.25) is 0 Å². The highest BCUT2D eigenvalue weighted by molar-refractivity contribution is 6.07. The second-order valence-electron chi connectivity index (χ2n) is 14.0. The first-order valence-electron chi connectivity index (χ1n) is 15.5. The molecule has 1 N–H and O–H groups in total. The van der Waals surface area contributed by atoms with Crippen molar-refractivity contribution in [1.82, 2.24) is 5.01 Å². The number of nitrogens with zero attached hydrogens (tertiary/aromatic N) is 3. The Bertz CT molecular complexity index is 1810. The number of hydrogen-bond donors (Lipinski definition) is 1. The molecule has 0 amide bonds. The molecule has 0 unspecified atom stereocenters. The van der Waals surface area contributed by atoms with Crippen molar-refractivity contribution in [1.29, 1.82) is 0 Å². The number of nitro groups is 2. The van der Waals surface area contributed by atoms with Crippen molar-refractivity contribution in [3.63, 3.8) is 0 Å². The first kappa shape index (κ1) is 31.7. The van der Waals surface area contributed by atoms with Gasteiger partial charge >= 0.3 is 5.69 Å². The SMILES string of the molecule is CC1(C)CC(=O)C2=C(C1)N(Nc1ccc([N+](=O)[O-])cc1[N+](=O)[O-])C1=C(C(=O)CC(C)(C)C1)C2c1ccc(OCc2ccccc2)cc1. The van der Waals surface area contributed by atoms with Gasteiger partial charge in [-0.1, -0.05) is 70.2 Å². The first-order chi connectivity index (χ1) is 22.2. The molecule has 0 bridgehead atoms. The van der Waals surface area contributed by atoms with Gasteiger partial charge < -0.3 is 4.74 Å². The number of hydrazine groups is 1. The van der Waals surface area contributed by atoms with E-state index < -0.39 is 38.0 Å². The molecule has 2 aliphatic carbocycles. The number of nitro benzene ring substituents is 2. The average Bonchev–Trinajstić information content (AvgIpc) is 3.00. The van der Waals surface area contributed by atoms with Crippen molar-refractivity contribution in [2.24, 2.45) is 10.8 Å². The number of hydrogen-bond acceptors (Lipinski definition) is 9. The highest BCUT2D eigenvalue weighted by Gasteiger charge is 2.49. The van der Waals surface area contributed by atoms with E-state index >= 15 is 0 Å². The number of anilines is 1. The monoisotopic (exact) mass is 636 g/mol. The summed E-state index contributed by atoms with van der Waals surface area (Å²) >= 11 is 0. The van der Waals surface area contributed by atoms with Crippen molar-refractivity contribution < 1.29 is 24.2 Å². The highest BCUT2D eigenvalue weighted by Crippen LogP contribution is 2.54. The van der Waals surface area contributed by atoms with E-state index in [2.05, 4.69) is 5.43 Å². The van der Waals surface area contributed by atoms with Crippen LogP contribution >= 0.6 is 0 Å². The molecule has 0 radical (unpaired) electrons. The van der Waals surface area contributed by atoms with Gasteiger partial charge in [0.25, 0.3) is 5.69 Å². The summed E-state index contributed by atoms with van der Waals surface area (Å²) in [4.78, 5) is 50.3. The lowest BCUT2D eigenvalue weighted by Gasteiger charge is -2.48. The van der Waals surface area contributed by atoms with E-state index in [0.717, 1.165) is 17.2 Å². The lowest BCUT2D eigenvalue weighted by Crippen LogP contribution is -2.46. The summed E-state index contributed by atoms with van der Waals surface area (Å²) in [5.41, 5.74) is 5.45. The Morgan fingerprint density at radius 1 is 0.787 bits per heavy atom. The van der Waals surface area contributed by atoms with E-state index in [1.165, 1.54) is 12.1 Å². The van der Waals surface area contributed by atoms with E-state index in [-0.39, 0.29) is 30.1 Å². The summed E-state index contributed by atoms with van der Waals surface area (Å²) in [6.45, 7) is 8.37. The van der Waals surface area contributed by atoms with Crippen LogP contribution in [-0.4, -0.2) is 26.4 Å². The third-order valence-electron chi connectivity index (χ3n) is 8.99. The number of nitrogens with one attached hydrogen (secondary N) is 1. The summed E-state index contributed by atoms with van der Waals surface area (Å²) < 4.78 is 6.01. The minimum atomic E-state index is -0.688. The van der Waals surface area contributed by atoms with Gasteiger partial charge in [-0.2, -0.15) is 0 Å². The van der Waals surface area contributed by atoms with Gasteiger partial charge in [0.05, 0.1) is 15.9 Å². The predicted molar refractivity (Wildman–Crippen MR) is 175 cm³/mol. The van der Waals surface area contributed by atoms with Crippen molar-refractivity contribution in [3.8, 4) is 5.75 Å². The highest BCUT2D eigenvalue weighted by atomic mass is 16.6. The molecule has 0 fully saturated rings. The number of ketones is 2. The van der Waals surface area contributed by atoms with E-state index in [4.69, 9.17) is 4.74 Å².